The molecule has 0 bridgehead atoms. The summed E-state index contributed by atoms with van der Waals surface area (Å²) in [7, 11) is 2.05. The monoisotopic (exact) mass is 320 g/mol. The minimum Gasteiger partial charge on any atom is -0.373 e. The van der Waals surface area contributed by atoms with Gasteiger partial charge in [0.25, 0.3) is 0 Å². The second-order valence-electron chi connectivity index (χ2n) is 5.94. The molecule has 0 aliphatic carbocycles. The van der Waals surface area contributed by atoms with Crippen LogP contribution in [0.25, 0.3) is 0 Å². The van der Waals surface area contributed by atoms with Gasteiger partial charge in [-0.05, 0) is 29.3 Å². The van der Waals surface area contributed by atoms with E-state index in [9.17, 15) is 4.79 Å². The van der Waals surface area contributed by atoms with Crippen molar-refractivity contribution in [3.8, 4) is 6.07 Å². The number of fused-ring (bicyclic) bond motifs is 1. The molecule has 0 aromatic heterocycles. The molecule has 5 nitrogen and oxygen atoms in total. The van der Waals surface area contributed by atoms with E-state index in [1.807, 2.05) is 36.2 Å². The summed E-state index contributed by atoms with van der Waals surface area (Å²) >= 11 is 0. The van der Waals surface area contributed by atoms with Crippen molar-refractivity contribution >= 4 is 11.7 Å². The van der Waals surface area contributed by atoms with E-state index in [-0.39, 0.29) is 6.03 Å². The molecule has 3 rings (SSSR count). The number of nitriles is 1. The molecule has 0 spiro atoms. The maximum absolute atomic E-state index is 12.5. The Morgan fingerprint density at radius 2 is 2.04 bits per heavy atom. The number of hydrogen-bond donors (Lipinski definition) is 1. The van der Waals surface area contributed by atoms with Crippen LogP contribution in [0.3, 0.4) is 0 Å². The molecule has 24 heavy (non-hydrogen) atoms. The molecule has 5 heteroatoms. The first-order valence-corrected chi connectivity index (χ1v) is 7.98. The number of hydrogen-bond acceptors (Lipinski definition) is 3. The largest absolute Gasteiger partial charge is 0.373 e. The number of benzene rings is 2. The number of amides is 2. The molecule has 2 aromatic rings. The molecule has 1 heterocycles. The van der Waals surface area contributed by atoms with Crippen LogP contribution in [0, 0.1) is 11.3 Å². The summed E-state index contributed by atoms with van der Waals surface area (Å²) in [6.07, 6.45) is 0. The molecule has 1 aliphatic rings. The van der Waals surface area contributed by atoms with Crippen LogP contribution in [0.4, 0.5) is 10.5 Å². The van der Waals surface area contributed by atoms with E-state index >= 15 is 0 Å². The van der Waals surface area contributed by atoms with Crippen molar-refractivity contribution in [2.45, 2.75) is 13.1 Å². The quantitative estimate of drug-likeness (QED) is 0.925. The van der Waals surface area contributed by atoms with Gasteiger partial charge in [-0.3, -0.25) is 0 Å². The van der Waals surface area contributed by atoms with E-state index < -0.39 is 0 Å². The van der Waals surface area contributed by atoms with Gasteiger partial charge in [-0.15, -0.1) is 0 Å². The van der Waals surface area contributed by atoms with Crippen molar-refractivity contribution < 1.29 is 4.79 Å². The molecule has 1 N–H and O–H groups in total. The fourth-order valence-corrected chi connectivity index (χ4v) is 2.91. The maximum Gasteiger partial charge on any atom is 0.318 e. The van der Waals surface area contributed by atoms with Crippen LogP contribution in [-0.2, 0) is 13.1 Å². The maximum atomic E-state index is 12.5. The van der Waals surface area contributed by atoms with Crippen molar-refractivity contribution in [1.29, 1.82) is 5.26 Å². The Balaban J connectivity index is 1.66. The van der Waals surface area contributed by atoms with Gasteiger partial charge in [-0.2, -0.15) is 5.26 Å². The van der Waals surface area contributed by atoms with Gasteiger partial charge in [-0.25, -0.2) is 4.79 Å². The number of nitrogens with one attached hydrogen (secondary N) is 1. The van der Waals surface area contributed by atoms with Crippen LogP contribution < -0.4 is 10.2 Å². The third kappa shape index (κ3) is 3.49. The summed E-state index contributed by atoms with van der Waals surface area (Å²) in [5.74, 6) is 0. The van der Waals surface area contributed by atoms with E-state index in [0.29, 0.717) is 25.2 Å². The van der Waals surface area contributed by atoms with Crippen LogP contribution in [-0.4, -0.2) is 31.1 Å². The van der Waals surface area contributed by atoms with E-state index in [1.165, 1.54) is 5.69 Å². The lowest BCUT2D eigenvalue weighted by Crippen LogP contribution is -2.41. The molecular formula is C19H20N4O. The predicted molar refractivity (Wildman–Crippen MR) is 93.5 cm³/mol. The van der Waals surface area contributed by atoms with Crippen LogP contribution in [0.15, 0.2) is 48.5 Å². The molecule has 122 valence electrons. The van der Waals surface area contributed by atoms with Gasteiger partial charge in [0.15, 0.2) is 0 Å². The normalized spacial score (nSPS) is 13.7. The Morgan fingerprint density at radius 3 is 2.88 bits per heavy atom. The minimum absolute atomic E-state index is 0.0811. The van der Waals surface area contributed by atoms with Crippen molar-refractivity contribution in [2.75, 3.05) is 25.0 Å². The lowest BCUT2D eigenvalue weighted by Gasteiger charge is -2.21. The van der Waals surface area contributed by atoms with Gasteiger partial charge in [0.1, 0.15) is 0 Å². The Hall–Kier alpha value is -3.00. The molecule has 2 amide bonds. The van der Waals surface area contributed by atoms with E-state index in [4.69, 9.17) is 5.26 Å². The zero-order valence-corrected chi connectivity index (χ0v) is 13.7. The average Bonchev–Trinajstić information content (AvgIpc) is 2.79. The van der Waals surface area contributed by atoms with Gasteiger partial charge in [-0.1, -0.05) is 30.3 Å². The van der Waals surface area contributed by atoms with Crippen molar-refractivity contribution in [3.05, 3.63) is 65.2 Å². The molecule has 0 saturated heterocycles. The highest BCUT2D eigenvalue weighted by Crippen LogP contribution is 2.23. The van der Waals surface area contributed by atoms with Crippen LogP contribution in [0.1, 0.15) is 16.7 Å². The van der Waals surface area contributed by atoms with E-state index in [0.717, 1.165) is 17.7 Å². The molecule has 1 aliphatic heterocycles. The topological polar surface area (TPSA) is 59.4 Å². The highest BCUT2D eigenvalue weighted by Gasteiger charge is 2.20. The smallest absolute Gasteiger partial charge is 0.318 e. The first-order chi connectivity index (χ1) is 11.7. The number of carbonyl (C=O) groups is 1. The first-order valence-electron chi connectivity index (χ1n) is 7.98. The summed E-state index contributed by atoms with van der Waals surface area (Å²) in [6.45, 7) is 2.50. The van der Waals surface area contributed by atoms with Crippen LogP contribution in [0.5, 0.6) is 0 Å². The SMILES string of the molecule is CN1CCN(C(=O)NCc2cccc(C#N)c2)Cc2ccccc21. The third-order valence-electron chi connectivity index (χ3n) is 4.26. The summed E-state index contributed by atoms with van der Waals surface area (Å²) in [5, 5.41) is 11.9. The number of anilines is 1. The molecule has 0 radical (unpaired) electrons. The summed E-state index contributed by atoms with van der Waals surface area (Å²) in [5.41, 5.74) is 3.86. The number of para-hydroxylation sites is 1. The fourth-order valence-electron chi connectivity index (χ4n) is 2.91. The first kappa shape index (κ1) is 15.9. The van der Waals surface area contributed by atoms with Gasteiger partial charge in [0.2, 0.25) is 0 Å². The second kappa shape index (κ2) is 7.05. The Bertz CT molecular complexity index is 781. The summed E-state index contributed by atoms with van der Waals surface area (Å²) < 4.78 is 0. The lowest BCUT2D eigenvalue weighted by molar-refractivity contribution is 0.197. The third-order valence-corrected chi connectivity index (χ3v) is 4.26. The minimum atomic E-state index is -0.0811. The standard InChI is InChI=1S/C19H20N4O/c1-22-9-10-23(14-17-7-2-3-8-18(17)22)19(24)21-13-16-6-4-5-15(11-16)12-20/h2-8,11H,9-10,13-14H2,1H3,(H,21,24). The molecular weight excluding hydrogens is 300 g/mol. The average molecular weight is 320 g/mol. The Morgan fingerprint density at radius 1 is 1.21 bits per heavy atom. The molecule has 0 saturated carbocycles. The van der Waals surface area contributed by atoms with Crippen molar-refractivity contribution in [1.82, 2.24) is 10.2 Å². The zero-order chi connectivity index (χ0) is 16.9. The van der Waals surface area contributed by atoms with Gasteiger partial charge in [0, 0.05) is 38.9 Å². The number of nitrogens with zero attached hydrogens (tertiary/aromatic N) is 3. The van der Waals surface area contributed by atoms with Gasteiger partial charge < -0.3 is 15.1 Å². The number of carbonyl (C=O) groups excluding carboxylic acids is 1. The van der Waals surface area contributed by atoms with E-state index in [1.54, 1.807) is 12.1 Å². The Labute approximate surface area is 142 Å². The zero-order valence-electron chi connectivity index (χ0n) is 13.7. The summed E-state index contributed by atoms with van der Waals surface area (Å²) in [6, 6.07) is 17.5. The van der Waals surface area contributed by atoms with E-state index in [2.05, 4.69) is 28.4 Å². The summed E-state index contributed by atoms with van der Waals surface area (Å²) in [4.78, 5) is 16.5. The lowest BCUT2D eigenvalue weighted by atomic mass is 10.1. The van der Waals surface area contributed by atoms with Crippen LogP contribution in [0.2, 0.25) is 0 Å². The number of urea groups is 1. The number of likely N-dealkylation sites (N-methyl/N-ethyl adjacent to an activating group) is 1. The van der Waals surface area contributed by atoms with Gasteiger partial charge >= 0.3 is 6.03 Å². The molecule has 0 atom stereocenters. The Kier molecular flexibility index (Phi) is 4.66. The molecule has 0 unspecified atom stereocenters. The fraction of sp³-hybridized carbons (Fsp3) is 0.263. The highest BCUT2D eigenvalue weighted by molar-refractivity contribution is 5.75. The molecule has 2 aromatic carbocycles. The number of rotatable bonds is 2. The predicted octanol–water partition coefficient (Wildman–Crippen LogP) is 2.72. The molecule has 0 fully saturated rings. The van der Waals surface area contributed by atoms with Crippen LogP contribution >= 0.6 is 0 Å². The van der Waals surface area contributed by atoms with Crippen molar-refractivity contribution in [2.24, 2.45) is 0 Å². The van der Waals surface area contributed by atoms with Gasteiger partial charge in [0.05, 0.1) is 11.6 Å². The highest BCUT2D eigenvalue weighted by atomic mass is 16.2. The second-order valence-corrected chi connectivity index (χ2v) is 5.94. The van der Waals surface area contributed by atoms with Crippen molar-refractivity contribution in [3.63, 3.8) is 0 Å².